The Morgan fingerprint density at radius 2 is 1.88 bits per heavy atom. The molecule has 0 radical (unpaired) electrons. The smallest absolute Gasteiger partial charge is 0.247 e. The van der Waals surface area contributed by atoms with Crippen molar-refractivity contribution in [1.82, 2.24) is 30.2 Å². The van der Waals surface area contributed by atoms with E-state index in [1.165, 1.54) is 4.90 Å². The van der Waals surface area contributed by atoms with Crippen molar-refractivity contribution in [3.63, 3.8) is 0 Å². The number of pyridine rings is 1. The maximum atomic E-state index is 13.7. The predicted octanol–water partition coefficient (Wildman–Crippen LogP) is 3.49. The highest BCUT2D eigenvalue weighted by molar-refractivity contribution is 5.89. The highest BCUT2D eigenvalue weighted by Crippen LogP contribution is 2.26. The van der Waals surface area contributed by atoms with Crippen molar-refractivity contribution in [2.75, 3.05) is 0 Å². The summed E-state index contributed by atoms with van der Waals surface area (Å²) < 4.78 is 7.08. The zero-order valence-corrected chi connectivity index (χ0v) is 19.5. The average Bonchev–Trinajstić information content (AvgIpc) is 3.49. The van der Waals surface area contributed by atoms with Crippen LogP contribution in [0.1, 0.15) is 44.6 Å². The number of nitrogens with one attached hydrogen (secondary N) is 1. The summed E-state index contributed by atoms with van der Waals surface area (Å²) in [6, 6.07) is 13.6. The van der Waals surface area contributed by atoms with E-state index in [1.54, 1.807) is 47.6 Å². The maximum absolute atomic E-state index is 13.7. The molecule has 0 saturated carbocycles. The van der Waals surface area contributed by atoms with Crippen LogP contribution in [-0.4, -0.2) is 42.2 Å². The van der Waals surface area contributed by atoms with Crippen LogP contribution in [0.3, 0.4) is 0 Å². The van der Waals surface area contributed by atoms with Crippen LogP contribution in [0.2, 0.25) is 0 Å². The van der Waals surface area contributed by atoms with Crippen LogP contribution in [0.5, 0.6) is 0 Å². The summed E-state index contributed by atoms with van der Waals surface area (Å²) in [5.41, 5.74) is 1.65. The van der Waals surface area contributed by atoms with Crippen molar-refractivity contribution in [2.45, 2.75) is 51.9 Å². The van der Waals surface area contributed by atoms with Gasteiger partial charge in [0.25, 0.3) is 0 Å². The number of benzene rings is 1. The molecule has 3 heterocycles. The second-order valence-electron chi connectivity index (χ2n) is 8.75. The van der Waals surface area contributed by atoms with Gasteiger partial charge in [0.2, 0.25) is 11.8 Å². The first-order valence-electron chi connectivity index (χ1n) is 11.2. The summed E-state index contributed by atoms with van der Waals surface area (Å²) in [7, 11) is 0. The molecular formula is C25H28N6O3. The summed E-state index contributed by atoms with van der Waals surface area (Å²) in [5, 5.41) is 11.4. The van der Waals surface area contributed by atoms with Crippen LogP contribution >= 0.6 is 0 Å². The molecule has 34 heavy (non-hydrogen) atoms. The van der Waals surface area contributed by atoms with Crippen LogP contribution in [-0.2, 0) is 22.7 Å². The molecule has 0 aliphatic rings. The maximum Gasteiger partial charge on any atom is 0.247 e. The van der Waals surface area contributed by atoms with E-state index in [-0.39, 0.29) is 24.9 Å². The Labute approximate surface area is 197 Å². The molecule has 0 aliphatic carbocycles. The molecule has 1 unspecified atom stereocenters. The van der Waals surface area contributed by atoms with Gasteiger partial charge in [0.15, 0.2) is 0 Å². The molecule has 0 fully saturated rings. The molecule has 2 amide bonds. The Balaban J connectivity index is 1.72. The number of carbonyl (C=O) groups is 2. The van der Waals surface area contributed by atoms with Gasteiger partial charge in [-0.25, -0.2) is 4.68 Å². The Bertz CT molecular complexity index is 1250. The van der Waals surface area contributed by atoms with Crippen LogP contribution < -0.4 is 5.32 Å². The summed E-state index contributed by atoms with van der Waals surface area (Å²) in [4.78, 5) is 32.9. The molecular weight excluding hydrogens is 432 g/mol. The highest BCUT2D eigenvalue weighted by atomic mass is 16.3. The fourth-order valence-electron chi connectivity index (χ4n) is 3.66. The number of rotatable bonds is 9. The van der Waals surface area contributed by atoms with Gasteiger partial charge in [0.05, 0.1) is 18.3 Å². The molecule has 4 aromatic rings. The second-order valence-corrected chi connectivity index (χ2v) is 8.75. The van der Waals surface area contributed by atoms with E-state index in [4.69, 9.17) is 4.42 Å². The first-order valence-corrected chi connectivity index (χ1v) is 11.2. The van der Waals surface area contributed by atoms with Gasteiger partial charge in [-0.2, -0.15) is 0 Å². The van der Waals surface area contributed by atoms with E-state index >= 15 is 0 Å². The van der Waals surface area contributed by atoms with Gasteiger partial charge in [0.1, 0.15) is 23.9 Å². The summed E-state index contributed by atoms with van der Waals surface area (Å²) in [6.45, 7) is 5.95. The number of fused-ring (bicyclic) bond motifs is 1. The third-order valence-electron chi connectivity index (χ3n) is 5.86. The number of furan rings is 1. The van der Waals surface area contributed by atoms with Gasteiger partial charge in [0, 0.05) is 17.9 Å². The van der Waals surface area contributed by atoms with Gasteiger partial charge in [-0.1, -0.05) is 24.3 Å². The normalized spacial score (nSPS) is 12.4. The van der Waals surface area contributed by atoms with Gasteiger partial charge in [-0.05, 0) is 62.2 Å². The molecule has 0 saturated heterocycles. The lowest BCUT2D eigenvalue weighted by molar-refractivity contribution is -0.143. The Hall–Kier alpha value is -4.01. The predicted molar refractivity (Wildman–Crippen MR) is 126 cm³/mol. The number of amides is 2. The van der Waals surface area contributed by atoms with Crippen molar-refractivity contribution >= 4 is 22.8 Å². The van der Waals surface area contributed by atoms with Gasteiger partial charge >= 0.3 is 0 Å². The molecule has 9 heteroatoms. The topological polar surface area (TPSA) is 106 Å². The van der Waals surface area contributed by atoms with E-state index in [2.05, 4.69) is 20.6 Å². The van der Waals surface area contributed by atoms with Crippen LogP contribution in [0.25, 0.3) is 11.0 Å². The molecule has 0 aliphatic heterocycles. The van der Waals surface area contributed by atoms with Gasteiger partial charge < -0.3 is 14.6 Å². The van der Waals surface area contributed by atoms with E-state index in [9.17, 15) is 9.59 Å². The number of para-hydroxylation sites is 1. The van der Waals surface area contributed by atoms with Crippen molar-refractivity contribution in [1.29, 1.82) is 0 Å². The molecule has 176 valence electrons. The first kappa shape index (κ1) is 23.2. The number of hydrogen-bond donors (Lipinski definition) is 1. The summed E-state index contributed by atoms with van der Waals surface area (Å²) in [6.07, 6.45) is 5.51. The summed E-state index contributed by atoms with van der Waals surface area (Å²) in [5.74, 6) is -0.00173. The number of nitrogens with zero attached hydrogens (tertiary/aromatic N) is 5. The third-order valence-corrected chi connectivity index (χ3v) is 5.86. The van der Waals surface area contributed by atoms with Crippen molar-refractivity contribution in [2.24, 2.45) is 0 Å². The lowest BCUT2D eigenvalue weighted by atomic mass is 9.99. The molecule has 1 aromatic carbocycles. The fourth-order valence-corrected chi connectivity index (χ4v) is 3.66. The van der Waals surface area contributed by atoms with E-state index in [1.807, 2.05) is 45.0 Å². The lowest BCUT2D eigenvalue weighted by Gasteiger charge is -2.34. The SMILES string of the molecule is CCC(C)(C)NC(=O)C(c1ccncc1)N(Cc1ccco1)C(=O)Cn1nnc2ccccc21. The van der Waals surface area contributed by atoms with Crippen LogP contribution in [0.15, 0.2) is 71.6 Å². The third kappa shape index (κ3) is 5.14. The minimum Gasteiger partial charge on any atom is -0.467 e. The minimum atomic E-state index is -0.888. The van der Waals surface area contributed by atoms with E-state index in [0.717, 1.165) is 11.9 Å². The van der Waals surface area contributed by atoms with Crippen molar-refractivity contribution in [3.8, 4) is 0 Å². The van der Waals surface area contributed by atoms with E-state index < -0.39 is 11.6 Å². The molecule has 0 spiro atoms. The Morgan fingerprint density at radius 1 is 1.12 bits per heavy atom. The van der Waals surface area contributed by atoms with E-state index in [0.29, 0.717) is 16.8 Å². The molecule has 1 atom stereocenters. The Morgan fingerprint density at radius 3 is 2.59 bits per heavy atom. The number of carbonyl (C=O) groups excluding carboxylic acids is 2. The zero-order chi connectivity index (χ0) is 24.1. The van der Waals surface area contributed by atoms with Crippen LogP contribution in [0, 0.1) is 0 Å². The average molecular weight is 461 g/mol. The van der Waals surface area contributed by atoms with Crippen LogP contribution in [0.4, 0.5) is 0 Å². The number of aromatic nitrogens is 4. The largest absolute Gasteiger partial charge is 0.467 e. The van der Waals surface area contributed by atoms with Gasteiger partial charge in [-0.3, -0.25) is 14.6 Å². The van der Waals surface area contributed by atoms with Crippen molar-refractivity contribution in [3.05, 3.63) is 78.5 Å². The standard InChI is InChI=1S/C25H28N6O3/c1-4-25(2,3)27-24(33)23(18-11-13-26-14-12-18)30(16-19-8-7-15-34-19)22(32)17-31-21-10-6-5-9-20(21)28-29-31/h5-15,23H,4,16-17H2,1-3H3,(H,27,33). The molecule has 9 nitrogen and oxygen atoms in total. The monoisotopic (exact) mass is 460 g/mol. The summed E-state index contributed by atoms with van der Waals surface area (Å²) >= 11 is 0. The van der Waals surface area contributed by atoms with Crippen molar-refractivity contribution < 1.29 is 14.0 Å². The second kappa shape index (κ2) is 9.86. The lowest BCUT2D eigenvalue weighted by Crippen LogP contribution is -2.50. The molecule has 1 N–H and O–H groups in total. The zero-order valence-electron chi connectivity index (χ0n) is 19.5. The first-order chi connectivity index (χ1) is 16.4. The minimum absolute atomic E-state index is 0.0761. The fraction of sp³-hybridized carbons (Fsp3) is 0.320. The molecule has 4 rings (SSSR count). The molecule has 3 aromatic heterocycles. The quantitative estimate of drug-likeness (QED) is 0.410. The molecule has 0 bridgehead atoms. The van der Waals surface area contributed by atoms with Gasteiger partial charge in [-0.15, -0.1) is 5.10 Å². The number of hydrogen-bond acceptors (Lipinski definition) is 6. The highest BCUT2D eigenvalue weighted by Gasteiger charge is 2.34. The Kier molecular flexibility index (Phi) is 6.72.